The quantitative estimate of drug-likeness (QED) is 0.613. The van der Waals surface area contributed by atoms with Crippen LogP contribution in [0.4, 0.5) is 0 Å². The molecule has 0 amide bonds. The predicted molar refractivity (Wildman–Crippen MR) is 120 cm³/mol. The summed E-state index contributed by atoms with van der Waals surface area (Å²) in [6.07, 6.45) is 9.08. The monoisotopic (exact) mass is 429 g/mol. The minimum Gasteiger partial charge on any atom is -0.393 e. The Kier molecular flexibility index (Phi) is 4.78. The molecule has 2 saturated heterocycles. The average molecular weight is 430 g/mol. The number of carbonyl (C=O) groups excluding carboxylic acids is 1. The first kappa shape index (κ1) is 21.1. The molecular weight excluding hydrogens is 386 g/mol. The second kappa shape index (κ2) is 7.03. The van der Waals surface area contributed by atoms with E-state index in [0.29, 0.717) is 53.8 Å². The van der Waals surface area contributed by atoms with Crippen LogP contribution < -0.4 is 0 Å². The summed E-state index contributed by atoms with van der Waals surface area (Å²) in [7, 11) is 0. The van der Waals surface area contributed by atoms with Crippen LogP contribution >= 0.6 is 0 Å². The number of hydrogen-bond acceptors (Lipinski definition) is 4. The van der Waals surface area contributed by atoms with Gasteiger partial charge < -0.3 is 10.2 Å². The molecule has 31 heavy (non-hydrogen) atoms. The highest BCUT2D eigenvalue weighted by Gasteiger charge is 2.64. The summed E-state index contributed by atoms with van der Waals surface area (Å²) in [5, 5.41) is 22.1. The van der Waals surface area contributed by atoms with E-state index in [4.69, 9.17) is 0 Å². The third-order valence-electron chi connectivity index (χ3n) is 11.8. The third-order valence-corrected chi connectivity index (χ3v) is 11.8. The van der Waals surface area contributed by atoms with Crippen LogP contribution in [0.1, 0.15) is 78.6 Å². The van der Waals surface area contributed by atoms with Gasteiger partial charge in [-0.05, 0) is 105 Å². The van der Waals surface area contributed by atoms with Gasteiger partial charge in [0.05, 0.1) is 11.7 Å². The third kappa shape index (κ3) is 2.93. The number of nitrogens with zero attached hydrogens (tertiary/aromatic N) is 1. The molecule has 6 fully saturated rings. The standard InChI is InChI=1S/C27H43NO3/c1-15-4-7-25-27(3,31)21-6-5-17-18(20(21)14-28(25)13-15)11-22-19(17)12-24(30)23-10-16(29)8-9-26(22,23)2/h15-23,25,29,31H,4-14H2,1-3H3/t15-,16-,17+,18+,19-,20-,21-,22-,23+,25-,26+,27?/m0/s1. The lowest BCUT2D eigenvalue weighted by atomic mass is 9.51. The number of aliphatic hydroxyl groups is 2. The van der Waals surface area contributed by atoms with Gasteiger partial charge in [-0.15, -0.1) is 0 Å². The van der Waals surface area contributed by atoms with E-state index in [1.807, 2.05) is 0 Å². The van der Waals surface area contributed by atoms with Gasteiger partial charge in [0.2, 0.25) is 0 Å². The Hall–Kier alpha value is -0.450. The van der Waals surface area contributed by atoms with Crippen molar-refractivity contribution in [3.8, 4) is 0 Å². The van der Waals surface area contributed by atoms with Gasteiger partial charge in [0.25, 0.3) is 0 Å². The van der Waals surface area contributed by atoms with E-state index in [-0.39, 0.29) is 17.4 Å². The molecule has 2 heterocycles. The molecule has 4 aliphatic carbocycles. The van der Waals surface area contributed by atoms with E-state index in [1.165, 1.54) is 25.8 Å². The van der Waals surface area contributed by atoms with Crippen LogP contribution in [0.25, 0.3) is 0 Å². The second-order valence-electron chi connectivity index (χ2n) is 13.2. The van der Waals surface area contributed by atoms with E-state index in [1.54, 1.807) is 0 Å². The molecule has 0 spiro atoms. The van der Waals surface area contributed by atoms with Crippen molar-refractivity contribution in [2.75, 3.05) is 13.1 Å². The average Bonchev–Trinajstić information content (AvgIpc) is 3.09. The Morgan fingerprint density at radius 2 is 1.71 bits per heavy atom. The summed E-state index contributed by atoms with van der Waals surface area (Å²) in [6, 6.07) is 0.341. The Labute approximate surface area is 188 Å². The SMILES string of the molecule is C[C@H]1CC[C@@H]2N(C1)C[C@H]1[C@@H]3C[C@H]4[C@@H](CC(=O)[C@H]5C[C@@H](O)CC[C@@]54C)[C@@H]3CC[C@@H]1C2(C)O. The maximum Gasteiger partial charge on any atom is 0.136 e. The van der Waals surface area contributed by atoms with Crippen molar-refractivity contribution in [2.24, 2.45) is 52.8 Å². The highest BCUT2D eigenvalue weighted by Crippen LogP contribution is 2.66. The highest BCUT2D eigenvalue weighted by atomic mass is 16.3. The first-order valence-electron chi connectivity index (χ1n) is 13.4. The van der Waals surface area contributed by atoms with Crippen LogP contribution in [0.3, 0.4) is 0 Å². The van der Waals surface area contributed by atoms with Crippen molar-refractivity contribution < 1.29 is 15.0 Å². The minimum absolute atomic E-state index is 0.0789. The normalized spacial score (nSPS) is 59.2. The first-order chi connectivity index (χ1) is 14.7. The Balaban J connectivity index is 1.31. The van der Waals surface area contributed by atoms with Crippen molar-refractivity contribution in [3.63, 3.8) is 0 Å². The molecule has 4 nitrogen and oxygen atoms in total. The van der Waals surface area contributed by atoms with Crippen molar-refractivity contribution in [1.82, 2.24) is 4.90 Å². The van der Waals surface area contributed by atoms with Gasteiger partial charge in [-0.3, -0.25) is 9.69 Å². The lowest BCUT2D eigenvalue weighted by Crippen LogP contribution is -2.67. The molecule has 0 aromatic rings. The van der Waals surface area contributed by atoms with E-state index >= 15 is 0 Å². The van der Waals surface area contributed by atoms with Crippen molar-refractivity contribution >= 4 is 5.78 Å². The second-order valence-corrected chi connectivity index (χ2v) is 13.2. The maximum absolute atomic E-state index is 13.2. The zero-order valence-electron chi connectivity index (χ0n) is 19.8. The number of ketones is 1. The molecule has 174 valence electrons. The van der Waals surface area contributed by atoms with Crippen LogP contribution in [0.5, 0.6) is 0 Å². The number of hydrogen-bond donors (Lipinski definition) is 2. The van der Waals surface area contributed by atoms with E-state index in [0.717, 1.165) is 44.6 Å². The van der Waals surface area contributed by atoms with Gasteiger partial charge in [0.1, 0.15) is 5.78 Å². The molecular formula is C27H43NO3. The Bertz CT molecular complexity index is 751. The molecule has 0 bridgehead atoms. The van der Waals surface area contributed by atoms with Crippen LogP contribution in [0.2, 0.25) is 0 Å². The van der Waals surface area contributed by atoms with Crippen LogP contribution in [-0.4, -0.2) is 51.7 Å². The number of fused-ring (bicyclic) bond motifs is 8. The van der Waals surface area contributed by atoms with E-state index < -0.39 is 5.60 Å². The fourth-order valence-corrected chi connectivity index (χ4v) is 10.4. The molecule has 2 aliphatic heterocycles. The summed E-state index contributed by atoms with van der Waals surface area (Å²) in [5.74, 6) is 4.82. The summed E-state index contributed by atoms with van der Waals surface area (Å²) in [5.41, 5.74) is -0.482. The largest absolute Gasteiger partial charge is 0.393 e. The van der Waals surface area contributed by atoms with E-state index in [9.17, 15) is 15.0 Å². The van der Waals surface area contributed by atoms with Crippen LogP contribution in [0, 0.1) is 52.8 Å². The summed E-state index contributed by atoms with van der Waals surface area (Å²) in [4.78, 5) is 15.9. The number of piperidine rings is 2. The Morgan fingerprint density at radius 3 is 2.52 bits per heavy atom. The van der Waals surface area contributed by atoms with Crippen molar-refractivity contribution in [2.45, 2.75) is 96.3 Å². The lowest BCUT2D eigenvalue weighted by molar-refractivity contribution is -0.175. The lowest BCUT2D eigenvalue weighted by Gasteiger charge is -2.59. The number of rotatable bonds is 0. The molecule has 2 N–H and O–H groups in total. The zero-order valence-corrected chi connectivity index (χ0v) is 19.8. The molecule has 4 saturated carbocycles. The van der Waals surface area contributed by atoms with E-state index in [2.05, 4.69) is 25.7 Å². The highest BCUT2D eigenvalue weighted by molar-refractivity contribution is 5.83. The van der Waals surface area contributed by atoms with Gasteiger partial charge in [-0.2, -0.15) is 0 Å². The number of Topliss-reactive ketones (excluding diaryl/α,β-unsaturated/α-hetero) is 1. The molecule has 0 aromatic carbocycles. The van der Waals surface area contributed by atoms with Gasteiger partial charge >= 0.3 is 0 Å². The van der Waals surface area contributed by atoms with Crippen LogP contribution in [0.15, 0.2) is 0 Å². The van der Waals surface area contributed by atoms with Crippen LogP contribution in [-0.2, 0) is 4.79 Å². The fraction of sp³-hybridized carbons (Fsp3) is 0.963. The van der Waals surface area contributed by atoms with Gasteiger partial charge in [-0.25, -0.2) is 0 Å². The fourth-order valence-electron chi connectivity index (χ4n) is 10.4. The Morgan fingerprint density at radius 1 is 0.903 bits per heavy atom. The summed E-state index contributed by atoms with van der Waals surface area (Å²) in [6.45, 7) is 9.23. The molecule has 0 aromatic heterocycles. The molecule has 4 heteroatoms. The topological polar surface area (TPSA) is 60.8 Å². The molecule has 6 aliphatic rings. The molecule has 0 radical (unpaired) electrons. The first-order valence-corrected chi connectivity index (χ1v) is 13.4. The number of aliphatic hydroxyl groups excluding tert-OH is 1. The predicted octanol–water partition coefficient (Wildman–Crippen LogP) is 3.89. The van der Waals surface area contributed by atoms with Gasteiger partial charge in [0.15, 0.2) is 0 Å². The maximum atomic E-state index is 13.2. The molecule has 1 unspecified atom stereocenters. The van der Waals surface area contributed by atoms with Gasteiger partial charge in [-0.1, -0.05) is 13.8 Å². The number of carbonyl (C=O) groups is 1. The summed E-state index contributed by atoms with van der Waals surface area (Å²) < 4.78 is 0. The minimum atomic E-state index is -0.570. The van der Waals surface area contributed by atoms with Gasteiger partial charge in [0, 0.05) is 31.5 Å². The molecule has 6 rings (SSSR count). The smallest absolute Gasteiger partial charge is 0.136 e. The van der Waals surface area contributed by atoms with Crippen molar-refractivity contribution in [3.05, 3.63) is 0 Å². The van der Waals surface area contributed by atoms with Crippen molar-refractivity contribution in [1.29, 1.82) is 0 Å². The summed E-state index contributed by atoms with van der Waals surface area (Å²) >= 11 is 0. The zero-order chi connectivity index (χ0) is 21.7. The molecule has 12 atom stereocenters.